The van der Waals surface area contributed by atoms with Crippen molar-refractivity contribution in [2.45, 2.75) is 129 Å². The second-order valence-corrected chi connectivity index (χ2v) is 11.7. The standard InChI is InChI=1S/C35H53F2NO3/c1-3-5-7-9-11-13-15-17-19-28-26-40-35(41-27-28)29-20-22-31(38-25-29)30-21-23-32(34(37)33(30)36)39-24-18-16-14-12-10-8-6-4-2/h20-23,25,28,35H,3-19,24,26-27H2,1-2H3. The first-order valence-corrected chi connectivity index (χ1v) is 16.4. The molecule has 3 rings (SSSR count). The summed E-state index contributed by atoms with van der Waals surface area (Å²) in [5.41, 5.74) is 1.26. The first-order valence-electron chi connectivity index (χ1n) is 16.4. The van der Waals surface area contributed by atoms with E-state index in [1.54, 1.807) is 12.3 Å². The summed E-state index contributed by atoms with van der Waals surface area (Å²) in [6, 6.07) is 6.53. The van der Waals surface area contributed by atoms with Crippen LogP contribution in [0.15, 0.2) is 30.5 Å². The first kappa shape index (κ1) is 33.5. The van der Waals surface area contributed by atoms with Gasteiger partial charge in [-0.1, -0.05) is 116 Å². The number of rotatable bonds is 21. The van der Waals surface area contributed by atoms with Crippen molar-refractivity contribution in [2.75, 3.05) is 19.8 Å². The number of ether oxygens (including phenoxy) is 3. The molecule has 1 aliphatic heterocycles. The molecular formula is C35H53F2NO3. The van der Waals surface area contributed by atoms with Crippen LogP contribution in [0.2, 0.25) is 0 Å². The molecule has 0 aliphatic carbocycles. The van der Waals surface area contributed by atoms with Gasteiger partial charge in [-0.2, -0.15) is 4.39 Å². The molecule has 1 saturated heterocycles. The molecule has 2 aromatic rings. The molecule has 0 saturated carbocycles. The SMILES string of the molecule is CCCCCCCCCCOc1ccc(-c2ccc(C3OCC(CCCCCCCCCC)CO3)cn2)c(F)c1F. The van der Waals surface area contributed by atoms with E-state index in [1.807, 2.05) is 6.07 Å². The molecule has 230 valence electrons. The van der Waals surface area contributed by atoms with Crippen LogP contribution in [0.25, 0.3) is 11.3 Å². The van der Waals surface area contributed by atoms with E-state index in [0.717, 1.165) is 31.2 Å². The molecule has 0 spiro atoms. The Morgan fingerprint density at radius 2 is 1.29 bits per heavy atom. The summed E-state index contributed by atoms with van der Waals surface area (Å²) in [5, 5.41) is 0. The number of benzene rings is 1. The van der Waals surface area contributed by atoms with Crippen LogP contribution in [0, 0.1) is 17.6 Å². The van der Waals surface area contributed by atoms with Gasteiger partial charge in [0.2, 0.25) is 5.82 Å². The molecule has 1 fully saturated rings. The van der Waals surface area contributed by atoms with Crippen LogP contribution < -0.4 is 4.74 Å². The smallest absolute Gasteiger partial charge is 0.201 e. The van der Waals surface area contributed by atoms with E-state index >= 15 is 0 Å². The molecule has 6 heteroatoms. The second kappa shape index (κ2) is 20.0. The number of hydrogen-bond donors (Lipinski definition) is 0. The predicted octanol–water partition coefficient (Wildman–Crippen LogP) is 10.7. The number of pyridine rings is 1. The van der Waals surface area contributed by atoms with E-state index in [1.165, 1.54) is 95.6 Å². The molecule has 0 atom stereocenters. The van der Waals surface area contributed by atoms with Gasteiger partial charge in [-0.05, 0) is 31.0 Å². The summed E-state index contributed by atoms with van der Waals surface area (Å²) >= 11 is 0. The molecule has 2 heterocycles. The first-order chi connectivity index (χ1) is 20.1. The lowest BCUT2D eigenvalue weighted by Gasteiger charge is -2.29. The van der Waals surface area contributed by atoms with Gasteiger partial charge in [0.25, 0.3) is 0 Å². The third-order valence-corrected chi connectivity index (χ3v) is 8.07. The van der Waals surface area contributed by atoms with Gasteiger partial charge in [-0.3, -0.25) is 4.98 Å². The van der Waals surface area contributed by atoms with Gasteiger partial charge in [0, 0.05) is 23.2 Å². The highest BCUT2D eigenvalue weighted by Gasteiger charge is 2.24. The van der Waals surface area contributed by atoms with E-state index in [9.17, 15) is 8.78 Å². The fourth-order valence-corrected chi connectivity index (χ4v) is 5.43. The maximum atomic E-state index is 14.9. The number of hydrogen-bond acceptors (Lipinski definition) is 4. The van der Waals surface area contributed by atoms with Crippen molar-refractivity contribution in [1.82, 2.24) is 4.98 Å². The molecular weight excluding hydrogens is 520 g/mol. The van der Waals surface area contributed by atoms with E-state index in [2.05, 4.69) is 18.8 Å². The average molecular weight is 574 g/mol. The fraction of sp³-hybridized carbons (Fsp3) is 0.686. The summed E-state index contributed by atoms with van der Waals surface area (Å²) < 4.78 is 47.1. The zero-order chi connectivity index (χ0) is 29.1. The number of halogens is 2. The van der Waals surface area contributed by atoms with Crippen LogP contribution in [0.5, 0.6) is 5.75 Å². The predicted molar refractivity (Wildman–Crippen MR) is 163 cm³/mol. The molecule has 1 aromatic carbocycles. The zero-order valence-corrected chi connectivity index (χ0v) is 25.6. The Hall–Kier alpha value is -2.05. The van der Waals surface area contributed by atoms with Gasteiger partial charge < -0.3 is 14.2 Å². The minimum Gasteiger partial charge on any atom is -0.490 e. The average Bonchev–Trinajstić information content (AvgIpc) is 3.00. The third-order valence-electron chi connectivity index (χ3n) is 8.07. The normalized spacial score (nSPS) is 17.2. The van der Waals surface area contributed by atoms with Crippen molar-refractivity contribution in [1.29, 1.82) is 0 Å². The van der Waals surface area contributed by atoms with Crippen molar-refractivity contribution in [3.05, 3.63) is 47.7 Å². The molecule has 0 N–H and O–H groups in total. The molecule has 0 radical (unpaired) electrons. The van der Waals surface area contributed by atoms with E-state index in [-0.39, 0.29) is 11.3 Å². The Morgan fingerprint density at radius 3 is 1.88 bits per heavy atom. The lowest BCUT2D eigenvalue weighted by Crippen LogP contribution is -2.27. The Morgan fingerprint density at radius 1 is 0.707 bits per heavy atom. The summed E-state index contributed by atoms with van der Waals surface area (Å²) in [7, 11) is 0. The summed E-state index contributed by atoms with van der Waals surface area (Å²) in [4.78, 5) is 4.39. The highest BCUT2D eigenvalue weighted by atomic mass is 19.2. The highest BCUT2D eigenvalue weighted by Crippen LogP contribution is 2.31. The largest absolute Gasteiger partial charge is 0.490 e. The zero-order valence-electron chi connectivity index (χ0n) is 25.6. The van der Waals surface area contributed by atoms with E-state index in [0.29, 0.717) is 31.4 Å². The van der Waals surface area contributed by atoms with E-state index < -0.39 is 17.9 Å². The summed E-state index contributed by atoms with van der Waals surface area (Å²) in [6.07, 6.45) is 22.2. The quantitative estimate of drug-likeness (QED) is 0.139. The lowest BCUT2D eigenvalue weighted by molar-refractivity contribution is -0.206. The molecule has 0 unspecified atom stereocenters. The van der Waals surface area contributed by atoms with Crippen molar-refractivity contribution >= 4 is 0 Å². The minimum absolute atomic E-state index is 0.0450. The monoisotopic (exact) mass is 573 g/mol. The van der Waals surface area contributed by atoms with Crippen LogP contribution in [-0.4, -0.2) is 24.8 Å². The Kier molecular flexibility index (Phi) is 16.3. The highest BCUT2D eigenvalue weighted by molar-refractivity contribution is 5.61. The molecule has 41 heavy (non-hydrogen) atoms. The topological polar surface area (TPSA) is 40.6 Å². The van der Waals surface area contributed by atoms with Crippen molar-refractivity contribution in [3.63, 3.8) is 0 Å². The fourth-order valence-electron chi connectivity index (χ4n) is 5.43. The molecule has 0 bridgehead atoms. The van der Waals surface area contributed by atoms with Crippen LogP contribution in [0.4, 0.5) is 8.78 Å². The van der Waals surface area contributed by atoms with Crippen molar-refractivity contribution in [3.8, 4) is 17.0 Å². The number of aromatic nitrogens is 1. The molecule has 4 nitrogen and oxygen atoms in total. The second-order valence-electron chi connectivity index (χ2n) is 11.7. The maximum Gasteiger partial charge on any atom is 0.201 e. The van der Waals surface area contributed by atoms with Gasteiger partial charge in [-0.25, -0.2) is 4.39 Å². The van der Waals surface area contributed by atoms with Crippen LogP contribution in [0.1, 0.15) is 135 Å². The number of nitrogens with zero attached hydrogens (tertiary/aromatic N) is 1. The summed E-state index contributed by atoms with van der Waals surface area (Å²) in [6.45, 7) is 6.20. The Labute approximate surface area is 247 Å². The van der Waals surface area contributed by atoms with Gasteiger partial charge in [0.05, 0.1) is 25.5 Å². The lowest BCUT2D eigenvalue weighted by atomic mass is 10.0. The third kappa shape index (κ3) is 12.0. The Balaban J connectivity index is 1.37. The molecule has 1 aromatic heterocycles. The van der Waals surface area contributed by atoms with Gasteiger partial charge in [0.15, 0.2) is 17.9 Å². The van der Waals surface area contributed by atoms with Crippen LogP contribution in [-0.2, 0) is 9.47 Å². The molecule has 0 amide bonds. The van der Waals surface area contributed by atoms with Crippen molar-refractivity contribution < 1.29 is 23.0 Å². The van der Waals surface area contributed by atoms with E-state index in [4.69, 9.17) is 14.2 Å². The van der Waals surface area contributed by atoms with Crippen LogP contribution >= 0.6 is 0 Å². The van der Waals surface area contributed by atoms with Gasteiger partial charge in [0.1, 0.15) is 0 Å². The summed E-state index contributed by atoms with van der Waals surface area (Å²) in [5.74, 6) is -1.52. The van der Waals surface area contributed by atoms with Crippen LogP contribution in [0.3, 0.4) is 0 Å². The maximum absolute atomic E-state index is 14.9. The number of unbranched alkanes of at least 4 members (excludes halogenated alkanes) is 14. The van der Waals surface area contributed by atoms with Gasteiger partial charge in [-0.15, -0.1) is 0 Å². The Bertz CT molecular complexity index is 961. The molecule has 1 aliphatic rings. The minimum atomic E-state index is -0.963. The van der Waals surface area contributed by atoms with Gasteiger partial charge >= 0.3 is 0 Å². The van der Waals surface area contributed by atoms with Crippen molar-refractivity contribution in [2.24, 2.45) is 5.92 Å².